The summed E-state index contributed by atoms with van der Waals surface area (Å²) in [5, 5.41) is 1.01. The van der Waals surface area contributed by atoms with Gasteiger partial charge in [-0.25, -0.2) is 15.8 Å². The highest BCUT2D eigenvalue weighted by atomic mass is 32.1. The van der Waals surface area contributed by atoms with E-state index in [1.165, 1.54) is 4.88 Å². The fraction of sp³-hybridized carbons (Fsp3) is 0.455. The van der Waals surface area contributed by atoms with Crippen molar-refractivity contribution in [3.8, 4) is 0 Å². The molecule has 0 unspecified atom stereocenters. The fourth-order valence-corrected chi connectivity index (χ4v) is 2.55. The van der Waals surface area contributed by atoms with Crippen molar-refractivity contribution in [2.75, 3.05) is 5.43 Å². The van der Waals surface area contributed by atoms with Crippen molar-refractivity contribution in [2.45, 2.75) is 27.2 Å². The number of aryl methyl sites for hydroxylation is 1. The van der Waals surface area contributed by atoms with Gasteiger partial charge in [-0.1, -0.05) is 13.8 Å². The molecule has 2 heterocycles. The summed E-state index contributed by atoms with van der Waals surface area (Å²) in [7, 11) is 0. The first-order valence-corrected chi connectivity index (χ1v) is 6.15. The van der Waals surface area contributed by atoms with Crippen molar-refractivity contribution in [1.29, 1.82) is 0 Å². The lowest BCUT2D eigenvalue weighted by molar-refractivity contribution is 0.623. The number of nitrogens with two attached hydrogens (primary N) is 1. The predicted molar refractivity (Wildman–Crippen MR) is 68.5 cm³/mol. The van der Waals surface area contributed by atoms with Crippen molar-refractivity contribution in [3.05, 3.63) is 16.8 Å². The first-order valence-electron chi connectivity index (χ1n) is 5.34. The third-order valence-corrected chi connectivity index (χ3v) is 3.23. The van der Waals surface area contributed by atoms with Crippen LogP contribution in [0.2, 0.25) is 0 Å². The maximum atomic E-state index is 5.49. The lowest BCUT2D eigenvalue weighted by Crippen LogP contribution is -2.11. The zero-order chi connectivity index (χ0) is 11.7. The van der Waals surface area contributed by atoms with Crippen LogP contribution in [0.15, 0.2) is 6.07 Å². The molecule has 0 aliphatic heterocycles. The molecule has 0 saturated carbocycles. The van der Waals surface area contributed by atoms with Gasteiger partial charge in [-0.3, -0.25) is 0 Å². The Balaban J connectivity index is 2.53. The smallest absolute Gasteiger partial charge is 0.152 e. The summed E-state index contributed by atoms with van der Waals surface area (Å²) in [5.41, 5.74) is 2.65. The van der Waals surface area contributed by atoms with Crippen LogP contribution in [0.25, 0.3) is 10.2 Å². The SMILES string of the molecule is Cc1cc2c(NN)nc(CC(C)C)nc2s1. The van der Waals surface area contributed by atoms with E-state index >= 15 is 0 Å². The highest BCUT2D eigenvalue weighted by molar-refractivity contribution is 7.18. The summed E-state index contributed by atoms with van der Waals surface area (Å²) < 4.78 is 0. The minimum atomic E-state index is 0.545. The fourth-order valence-electron chi connectivity index (χ4n) is 1.65. The Kier molecular flexibility index (Phi) is 3.07. The number of hydrogen-bond acceptors (Lipinski definition) is 5. The summed E-state index contributed by atoms with van der Waals surface area (Å²) in [6.07, 6.45) is 0.877. The monoisotopic (exact) mass is 236 g/mol. The third-order valence-electron chi connectivity index (χ3n) is 2.29. The zero-order valence-electron chi connectivity index (χ0n) is 9.74. The Hall–Kier alpha value is -1.20. The number of thiophene rings is 1. The first kappa shape index (κ1) is 11.3. The van der Waals surface area contributed by atoms with Crippen molar-refractivity contribution in [3.63, 3.8) is 0 Å². The van der Waals surface area contributed by atoms with Crippen LogP contribution >= 0.6 is 11.3 Å². The van der Waals surface area contributed by atoms with Gasteiger partial charge < -0.3 is 5.43 Å². The van der Waals surface area contributed by atoms with Crippen LogP contribution in [0.3, 0.4) is 0 Å². The summed E-state index contributed by atoms with van der Waals surface area (Å²) >= 11 is 1.68. The Morgan fingerprint density at radius 2 is 2.19 bits per heavy atom. The molecule has 2 aromatic rings. The van der Waals surface area contributed by atoms with Gasteiger partial charge in [0.15, 0.2) is 5.82 Å². The molecular weight excluding hydrogens is 220 g/mol. The highest BCUT2D eigenvalue weighted by Crippen LogP contribution is 2.28. The number of rotatable bonds is 3. The Morgan fingerprint density at radius 3 is 2.81 bits per heavy atom. The molecule has 0 fully saturated rings. The van der Waals surface area contributed by atoms with Gasteiger partial charge in [-0.05, 0) is 18.9 Å². The molecule has 0 atom stereocenters. The van der Waals surface area contributed by atoms with Gasteiger partial charge in [0.2, 0.25) is 0 Å². The largest absolute Gasteiger partial charge is 0.308 e. The number of nitrogen functional groups attached to an aromatic ring is 1. The van der Waals surface area contributed by atoms with Crippen LogP contribution < -0.4 is 11.3 Å². The number of anilines is 1. The molecule has 0 aliphatic rings. The van der Waals surface area contributed by atoms with Crippen molar-refractivity contribution in [1.82, 2.24) is 9.97 Å². The van der Waals surface area contributed by atoms with Crippen molar-refractivity contribution >= 4 is 27.4 Å². The topological polar surface area (TPSA) is 63.8 Å². The maximum Gasteiger partial charge on any atom is 0.152 e. The molecule has 86 valence electrons. The second-order valence-electron chi connectivity index (χ2n) is 4.31. The van der Waals surface area contributed by atoms with Gasteiger partial charge in [-0.15, -0.1) is 11.3 Å². The van der Waals surface area contributed by atoms with Gasteiger partial charge >= 0.3 is 0 Å². The molecule has 2 aromatic heterocycles. The molecule has 3 N–H and O–H groups in total. The third kappa shape index (κ3) is 2.15. The van der Waals surface area contributed by atoms with E-state index in [1.807, 2.05) is 0 Å². The number of hydrogen-bond donors (Lipinski definition) is 2. The van der Waals surface area contributed by atoms with E-state index in [4.69, 9.17) is 5.84 Å². The van der Waals surface area contributed by atoms with E-state index in [2.05, 4.69) is 42.2 Å². The number of nitrogens with zero attached hydrogens (tertiary/aromatic N) is 2. The van der Waals surface area contributed by atoms with Gasteiger partial charge in [0.1, 0.15) is 10.7 Å². The van der Waals surface area contributed by atoms with Crippen LogP contribution in [0.5, 0.6) is 0 Å². The maximum absolute atomic E-state index is 5.49. The number of hydrazine groups is 1. The molecule has 0 aliphatic carbocycles. The van der Waals surface area contributed by atoms with E-state index in [1.54, 1.807) is 11.3 Å². The number of aromatic nitrogens is 2. The molecule has 0 radical (unpaired) electrons. The minimum Gasteiger partial charge on any atom is -0.308 e. The van der Waals surface area contributed by atoms with Gasteiger partial charge in [-0.2, -0.15) is 0 Å². The lowest BCUT2D eigenvalue weighted by atomic mass is 10.1. The van der Waals surface area contributed by atoms with E-state index < -0.39 is 0 Å². The molecule has 0 aromatic carbocycles. The van der Waals surface area contributed by atoms with Gasteiger partial charge in [0.05, 0.1) is 5.39 Å². The van der Waals surface area contributed by atoms with Gasteiger partial charge in [0.25, 0.3) is 0 Å². The molecule has 2 rings (SSSR count). The Bertz CT molecular complexity index is 504. The summed E-state index contributed by atoms with van der Waals surface area (Å²) in [4.78, 5) is 11.2. The quantitative estimate of drug-likeness (QED) is 0.635. The normalized spacial score (nSPS) is 11.3. The van der Waals surface area contributed by atoms with E-state index in [-0.39, 0.29) is 0 Å². The number of nitrogens with one attached hydrogen (secondary N) is 1. The van der Waals surface area contributed by atoms with Crippen molar-refractivity contribution in [2.24, 2.45) is 11.8 Å². The standard InChI is InChI=1S/C11H16N4S/c1-6(2)4-9-13-10(15-12)8-5-7(3)16-11(8)14-9/h5-6H,4,12H2,1-3H3,(H,13,14,15). The lowest BCUT2D eigenvalue weighted by Gasteiger charge is -2.06. The summed E-state index contributed by atoms with van der Waals surface area (Å²) in [6.45, 7) is 6.38. The molecule has 16 heavy (non-hydrogen) atoms. The van der Waals surface area contributed by atoms with Crippen LogP contribution in [0.1, 0.15) is 24.5 Å². The van der Waals surface area contributed by atoms with E-state index in [9.17, 15) is 0 Å². The van der Waals surface area contributed by atoms with Crippen molar-refractivity contribution < 1.29 is 0 Å². The average molecular weight is 236 g/mol. The molecular formula is C11H16N4S. The average Bonchev–Trinajstić information content (AvgIpc) is 2.56. The molecule has 4 nitrogen and oxygen atoms in total. The summed E-state index contributed by atoms with van der Waals surface area (Å²) in [5.74, 6) is 7.62. The zero-order valence-corrected chi connectivity index (χ0v) is 10.6. The van der Waals surface area contributed by atoms with Crippen LogP contribution in [-0.4, -0.2) is 9.97 Å². The van der Waals surface area contributed by atoms with E-state index in [0.717, 1.165) is 28.3 Å². The predicted octanol–water partition coefficient (Wildman–Crippen LogP) is 2.48. The molecule has 0 bridgehead atoms. The molecule has 5 heteroatoms. The molecule has 0 saturated heterocycles. The van der Waals surface area contributed by atoms with Crippen LogP contribution in [0.4, 0.5) is 5.82 Å². The minimum absolute atomic E-state index is 0.545. The van der Waals surface area contributed by atoms with Gasteiger partial charge in [0, 0.05) is 11.3 Å². The van der Waals surface area contributed by atoms with Crippen LogP contribution in [0, 0.1) is 12.8 Å². The Labute approximate surface area is 98.9 Å². The van der Waals surface area contributed by atoms with E-state index in [0.29, 0.717) is 5.92 Å². The Morgan fingerprint density at radius 1 is 1.44 bits per heavy atom. The highest BCUT2D eigenvalue weighted by Gasteiger charge is 2.10. The first-order chi connectivity index (χ1) is 7.60. The molecule has 0 amide bonds. The number of fused-ring (bicyclic) bond motifs is 1. The summed E-state index contributed by atoms with van der Waals surface area (Å²) in [6, 6.07) is 2.06. The second-order valence-corrected chi connectivity index (χ2v) is 5.54. The molecule has 0 spiro atoms. The van der Waals surface area contributed by atoms with Crippen LogP contribution in [-0.2, 0) is 6.42 Å². The second kappa shape index (κ2) is 4.35.